The molecule has 1 saturated heterocycles. The average molecular weight is 311 g/mol. The zero-order valence-corrected chi connectivity index (χ0v) is 12.9. The van der Waals surface area contributed by atoms with Crippen molar-refractivity contribution < 1.29 is 14.3 Å². The van der Waals surface area contributed by atoms with E-state index in [2.05, 4.69) is 10.6 Å². The Morgan fingerprint density at radius 3 is 2.81 bits per heavy atom. The molecule has 0 bridgehead atoms. The fourth-order valence-corrected chi connectivity index (χ4v) is 2.31. The van der Waals surface area contributed by atoms with Crippen LogP contribution in [0, 0.1) is 5.92 Å². The van der Waals surface area contributed by atoms with Gasteiger partial charge < -0.3 is 15.4 Å². The van der Waals surface area contributed by atoms with E-state index in [9.17, 15) is 9.59 Å². The molecule has 0 radical (unpaired) electrons. The van der Waals surface area contributed by atoms with Crippen molar-refractivity contribution in [3.05, 3.63) is 28.8 Å². The molecule has 0 saturated carbocycles. The first-order valence-electron chi connectivity index (χ1n) is 6.99. The Morgan fingerprint density at radius 2 is 2.19 bits per heavy atom. The summed E-state index contributed by atoms with van der Waals surface area (Å²) in [5.74, 6) is -0.580. The summed E-state index contributed by atoms with van der Waals surface area (Å²) in [7, 11) is 0. The number of amides is 1. The van der Waals surface area contributed by atoms with Gasteiger partial charge >= 0.3 is 5.97 Å². The standard InChI is InChI=1S/C15H19ClN2O3/c1-9(2)21-15(20)10-3-4-12(16)13(7-10)18-14(19)11-5-6-17-8-11/h3-4,7,9,11,17H,5-6,8H2,1-2H3,(H,18,19)/t11-/m0/s1. The molecule has 0 spiro atoms. The van der Waals surface area contributed by atoms with Gasteiger partial charge in [-0.3, -0.25) is 4.79 Å². The van der Waals surface area contributed by atoms with Crippen LogP contribution < -0.4 is 10.6 Å². The number of nitrogens with one attached hydrogen (secondary N) is 2. The summed E-state index contributed by atoms with van der Waals surface area (Å²) in [5.41, 5.74) is 0.805. The van der Waals surface area contributed by atoms with Crippen molar-refractivity contribution in [1.29, 1.82) is 0 Å². The second-order valence-corrected chi connectivity index (χ2v) is 5.73. The zero-order chi connectivity index (χ0) is 15.4. The molecule has 2 rings (SSSR count). The SMILES string of the molecule is CC(C)OC(=O)c1ccc(Cl)c(NC(=O)[C@H]2CCNC2)c1. The lowest BCUT2D eigenvalue weighted by atomic mass is 10.1. The highest BCUT2D eigenvalue weighted by atomic mass is 35.5. The molecule has 0 unspecified atom stereocenters. The molecule has 1 heterocycles. The third-order valence-corrected chi connectivity index (χ3v) is 3.56. The van der Waals surface area contributed by atoms with E-state index in [1.807, 2.05) is 0 Å². The van der Waals surface area contributed by atoms with E-state index in [-0.39, 0.29) is 17.9 Å². The van der Waals surface area contributed by atoms with Crippen molar-refractivity contribution in [3.63, 3.8) is 0 Å². The van der Waals surface area contributed by atoms with Gasteiger partial charge in [0.05, 0.1) is 28.3 Å². The Labute approximate surface area is 129 Å². The molecule has 114 valence electrons. The second kappa shape index (κ2) is 6.91. The van der Waals surface area contributed by atoms with Crippen LogP contribution in [-0.2, 0) is 9.53 Å². The monoisotopic (exact) mass is 310 g/mol. The number of hydrogen-bond acceptors (Lipinski definition) is 4. The van der Waals surface area contributed by atoms with Gasteiger partial charge in [-0.2, -0.15) is 0 Å². The van der Waals surface area contributed by atoms with Gasteiger partial charge in [0.1, 0.15) is 0 Å². The van der Waals surface area contributed by atoms with Gasteiger partial charge in [0, 0.05) is 6.54 Å². The number of rotatable bonds is 4. The van der Waals surface area contributed by atoms with Gasteiger partial charge in [-0.25, -0.2) is 4.79 Å². The average Bonchev–Trinajstić information content (AvgIpc) is 2.94. The first kappa shape index (κ1) is 15.8. The van der Waals surface area contributed by atoms with Crippen LogP contribution in [0.5, 0.6) is 0 Å². The van der Waals surface area contributed by atoms with Crippen molar-refractivity contribution in [3.8, 4) is 0 Å². The lowest BCUT2D eigenvalue weighted by Crippen LogP contribution is -2.25. The molecule has 1 aromatic carbocycles. The highest BCUT2D eigenvalue weighted by molar-refractivity contribution is 6.33. The van der Waals surface area contributed by atoms with Crippen molar-refractivity contribution in [2.75, 3.05) is 18.4 Å². The van der Waals surface area contributed by atoms with Crippen molar-refractivity contribution in [2.24, 2.45) is 5.92 Å². The fraction of sp³-hybridized carbons (Fsp3) is 0.467. The number of anilines is 1. The molecule has 2 N–H and O–H groups in total. The first-order valence-corrected chi connectivity index (χ1v) is 7.37. The summed E-state index contributed by atoms with van der Waals surface area (Å²) in [6, 6.07) is 4.72. The number of carbonyl (C=O) groups excluding carboxylic acids is 2. The minimum Gasteiger partial charge on any atom is -0.459 e. The topological polar surface area (TPSA) is 67.4 Å². The fourth-order valence-electron chi connectivity index (χ4n) is 2.14. The summed E-state index contributed by atoms with van der Waals surface area (Å²) < 4.78 is 5.13. The van der Waals surface area contributed by atoms with Crippen LogP contribution in [0.2, 0.25) is 5.02 Å². The summed E-state index contributed by atoms with van der Waals surface area (Å²) >= 11 is 6.07. The van der Waals surface area contributed by atoms with Gasteiger partial charge in [0.15, 0.2) is 0 Å². The van der Waals surface area contributed by atoms with Gasteiger partial charge in [-0.05, 0) is 45.0 Å². The molecular formula is C15H19ClN2O3. The summed E-state index contributed by atoms with van der Waals surface area (Å²) in [4.78, 5) is 24.0. The molecule has 1 aliphatic heterocycles. The van der Waals surface area contributed by atoms with Crippen molar-refractivity contribution in [2.45, 2.75) is 26.4 Å². The maximum atomic E-state index is 12.1. The Kier molecular flexibility index (Phi) is 5.20. The predicted octanol–water partition coefficient (Wildman–Crippen LogP) is 2.45. The normalized spacial score (nSPS) is 17.8. The Hall–Kier alpha value is -1.59. The number of halogens is 1. The molecular weight excluding hydrogens is 292 g/mol. The number of carbonyl (C=O) groups is 2. The molecule has 5 nitrogen and oxygen atoms in total. The molecule has 0 aromatic heterocycles. The number of hydrogen-bond donors (Lipinski definition) is 2. The molecule has 1 amide bonds. The lowest BCUT2D eigenvalue weighted by Gasteiger charge is -2.13. The van der Waals surface area contributed by atoms with Crippen molar-refractivity contribution >= 4 is 29.2 Å². The van der Waals surface area contributed by atoms with Crippen LogP contribution in [0.3, 0.4) is 0 Å². The van der Waals surface area contributed by atoms with E-state index < -0.39 is 5.97 Å². The maximum Gasteiger partial charge on any atom is 0.338 e. The van der Waals surface area contributed by atoms with Crippen LogP contribution in [0.4, 0.5) is 5.69 Å². The van der Waals surface area contributed by atoms with E-state index in [1.165, 1.54) is 0 Å². The number of benzene rings is 1. The first-order chi connectivity index (χ1) is 9.97. The quantitative estimate of drug-likeness (QED) is 0.838. The van der Waals surface area contributed by atoms with Gasteiger partial charge in [0.2, 0.25) is 5.91 Å². The highest BCUT2D eigenvalue weighted by Gasteiger charge is 2.23. The smallest absolute Gasteiger partial charge is 0.338 e. The minimum absolute atomic E-state index is 0.0626. The molecule has 1 aromatic rings. The Morgan fingerprint density at radius 1 is 1.43 bits per heavy atom. The van der Waals surface area contributed by atoms with E-state index in [4.69, 9.17) is 16.3 Å². The van der Waals surface area contributed by atoms with Gasteiger partial charge in [0.25, 0.3) is 0 Å². The summed E-state index contributed by atoms with van der Waals surface area (Å²) in [6.07, 6.45) is 0.606. The van der Waals surface area contributed by atoms with Crippen LogP contribution in [-0.4, -0.2) is 31.1 Å². The highest BCUT2D eigenvalue weighted by Crippen LogP contribution is 2.25. The van der Waals surface area contributed by atoms with Gasteiger partial charge in [-0.15, -0.1) is 0 Å². The minimum atomic E-state index is -0.431. The Bertz CT molecular complexity index is 540. The van der Waals surface area contributed by atoms with Gasteiger partial charge in [-0.1, -0.05) is 11.6 Å². The maximum absolute atomic E-state index is 12.1. The van der Waals surface area contributed by atoms with Crippen LogP contribution >= 0.6 is 11.6 Å². The van der Waals surface area contributed by atoms with Crippen molar-refractivity contribution in [1.82, 2.24) is 5.32 Å². The van der Waals surface area contributed by atoms with Crippen LogP contribution in [0.25, 0.3) is 0 Å². The Balaban J connectivity index is 2.11. The summed E-state index contributed by atoms with van der Waals surface area (Å²) in [5, 5.41) is 6.32. The molecule has 1 aliphatic rings. The number of esters is 1. The molecule has 21 heavy (non-hydrogen) atoms. The lowest BCUT2D eigenvalue weighted by molar-refractivity contribution is -0.119. The van der Waals surface area contributed by atoms with Crippen LogP contribution in [0.1, 0.15) is 30.6 Å². The third-order valence-electron chi connectivity index (χ3n) is 3.23. The molecule has 1 fully saturated rings. The molecule has 0 aliphatic carbocycles. The second-order valence-electron chi connectivity index (χ2n) is 5.33. The van der Waals surface area contributed by atoms with E-state index in [0.717, 1.165) is 13.0 Å². The van der Waals surface area contributed by atoms with E-state index >= 15 is 0 Å². The zero-order valence-electron chi connectivity index (χ0n) is 12.1. The molecule has 1 atom stereocenters. The van der Waals surface area contributed by atoms with Crippen LogP contribution in [0.15, 0.2) is 18.2 Å². The number of ether oxygens (including phenoxy) is 1. The molecule has 6 heteroatoms. The third kappa shape index (κ3) is 4.19. The van der Waals surface area contributed by atoms with E-state index in [0.29, 0.717) is 22.8 Å². The van der Waals surface area contributed by atoms with E-state index in [1.54, 1.807) is 32.0 Å². The largest absolute Gasteiger partial charge is 0.459 e. The summed E-state index contributed by atoms with van der Waals surface area (Å²) in [6.45, 7) is 5.07. The predicted molar refractivity (Wildman–Crippen MR) is 81.6 cm³/mol.